The molecule has 0 spiro atoms. The molecule has 1 N–H and O–H groups in total. The molecule has 0 aliphatic rings. The standard InChI is InChI=1S/C15H14ClF2NO/c1-9(19-2)10-3-6-14(12(16)7-10)20-15-8-11(17)4-5-13(15)18/h3-9,19H,1-2H3. The van der Waals surface area contributed by atoms with E-state index in [0.717, 1.165) is 23.8 Å². The third kappa shape index (κ3) is 3.26. The Labute approximate surface area is 121 Å². The van der Waals surface area contributed by atoms with Crippen LogP contribution in [-0.2, 0) is 0 Å². The topological polar surface area (TPSA) is 21.3 Å². The number of hydrogen-bond acceptors (Lipinski definition) is 2. The molecule has 0 saturated carbocycles. The number of rotatable bonds is 4. The van der Waals surface area contributed by atoms with Gasteiger partial charge in [-0.1, -0.05) is 17.7 Å². The molecular formula is C15H14ClF2NO. The SMILES string of the molecule is CNC(C)c1ccc(Oc2cc(F)ccc2F)c(Cl)c1. The first-order valence-corrected chi connectivity index (χ1v) is 6.48. The minimum Gasteiger partial charge on any atom is -0.453 e. The van der Waals surface area contributed by atoms with Gasteiger partial charge in [0.05, 0.1) is 5.02 Å². The average Bonchev–Trinajstić information content (AvgIpc) is 2.44. The second-order valence-corrected chi connectivity index (χ2v) is 4.78. The quantitative estimate of drug-likeness (QED) is 0.884. The van der Waals surface area contributed by atoms with Gasteiger partial charge in [-0.3, -0.25) is 0 Å². The van der Waals surface area contributed by atoms with E-state index in [0.29, 0.717) is 5.02 Å². The molecule has 2 aromatic rings. The summed E-state index contributed by atoms with van der Waals surface area (Å²) in [6, 6.07) is 8.34. The van der Waals surface area contributed by atoms with E-state index in [2.05, 4.69) is 5.32 Å². The van der Waals surface area contributed by atoms with Crippen LogP contribution in [0.25, 0.3) is 0 Å². The Hall–Kier alpha value is -1.65. The molecule has 0 amide bonds. The van der Waals surface area contributed by atoms with Crippen molar-refractivity contribution >= 4 is 11.6 Å². The molecule has 2 rings (SSSR count). The summed E-state index contributed by atoms with van der Waals surface area (Å²) < 4.78 is 31.9. The van der Waals surface area contributed by atoms with Crippen LogP contribution >= 0.6 is 11.6 Å². The summed E-state index contributed by atoms with van der Waals surface area (Å²) in [5, 5.41) is 3.43. The molecule has 2 aromatic carbocycles. The molecule has 0 aromatic heterocycles. The van der Waals surface area contributed by atoms with Crippen molar-refractivity contribution in [3.05, 3.63) is 58.6 Å². The normalized spacial score (nSPS) is 12.2. The number of nitrogens with one attached hydrogen (secondary N) is 1. The van der Waals surface area contributed by atoms with Crippen LogP contribution in [0.1, 0.15) is 18.5 Å². The lowest BCUT2D eigenvalue weighted by atomic mass is 10.1. The summed E-state index contributed by atoms with van der Waals surface area (Å²) in [7, 11) is 1.84. The zero-order valence-electron chi connectivity index (χ0n) is 11.1. The molecule has 0 aliphatic heterocycles. The molecule has 106 valence electrons. The molecule has 0 radical (unpaired) electrons. The summed E-state index contributed by atoms with van der Waals surface area (Å²) >= 11 is 6.10. The van der Waals surface area contributed by atoms with Crippen LogP contribution in [0.5, 0.6) is 11.5 Å². The highest BCUT2D eigenvalue weighted by atomic mass is 35.5. The van der Waals surface area contributed by atoms with E-state index in [-0.39, 0.29) is 17.5 Å². The molecular weight excluding hydrogens is 284 g/mol. The van der Waals surface area contributed by atoms with Crippen LogP contribution in [0.3, 0.4) is 0 Å². The van der Waals surface area contributed by atoms with E-state index in [4.69, 9.17) is 16.3 Å². The van der Waals surface area contributed by atoms with E-state index in [1.807, 2.05) is 20.0 Å². The predicted octanol–water partition coefficient (Wildman–Crippen LogP) is 4.69. The van der Waals surface area contributed by atoms with Gasteiger partial charge in [-0.2, -0.15) is 0 Å². The van der Waals surface area contributed by atoms with E-state index in [1.165, 1.54) is 0 Å². The van der Waals surface area contributed by atoms with Crippen molar-refractivity contribution < 1.29 is 13.5 Å². The van der Waals surface area contributed by atoms with E-state index >= 15 is 0 Å². The Kier molecular flexibility index (Phi) is 4.57. The summed E-state index contributed by atoms with van der Waals surface area (Å²) in [5.41, 5.74) is 0.976. The largest absolute Gasteiger partial charge is 0.453 e. The van der Waals surface area contributed by atoms with Gasteiger partial charge in [0.25, 0.3) is 0 Å². The first kappa shape index (κ1) is 14.8. The first-order chi connectivity index (χ1) is 9.51. The molecule has 0 bridgehead atoms. The average molecular weight is 298 g/mol. The molecule has 0 fully saturated rings. The van der Waals surface area contributed by atoms with Crippen molar-refractivity contribution in [2.75, 3.05) is 7.05 Å². The maximum Gasteiger partial charge on any atom is 0.166 e. The van der Waals surface area contributed by atoms with Gasteiger partial charge in [0.1, 0.15) is 11.6 Å². The lowest BCUT2D eigenvalue weighted by Crippen LogP contribution is -2.12. The van der Waals surface area contributed by atoms with Gasteiger partial charge in [-0.15, -0.1) is 0 Å². The molecule has 5 heteroatoms. The number of ether oxygens (including phenoxy) is 1. The van der Waals surface area contributed by atoms with Crippen LogP contribution in [-0.4, -0.2) is 7.05 Å². The highest BCUT2D eigenvalue weighted by Crippen LogP contribution is 2.33. The van der Waals surface area contributed by atoms with Crippen LogP contribution in [0, 0.1) is 11.6 Å². The minimum absolute atomic E-state index is 0.132. The first-order valence-electron chi connectivity index (χ1n) is 6.11. The van der Waals surface area contributed by atoms with Gasteiger partial charge in [-0.25, -0.2) is 8.78 Å². The second kappa shape index (κ2) is 6.20. The fourth-order valence-electron chi connectivity index (χ4n) is 1.71. The van der Waals surface area contributed by atoms with Crippen molar-refractivity contribution in [3.8, 4) is 11.5 Å². The van der Waals surface area contributed by atoms with Crippen molar-refractivity contribution in [2.24, 2.45) is 0 Å². The summed E-state index contributed by atoms with van der Waals surface area (Å²) in [4.78, 5) is 0. The van der Waals surface area contributed by atoms with Gasteiger partial charge < -0.3 is 10.1 Å². The predicted molar refractivity (Wildman–Crippen MR) is 75.4 cm³/mol. The highest BCUT2D eigenvalue weighted by Gasteiger charge is 2.11. The molecule has 1 atom stereocenters. The van der Waals surface area contributed by atoms with Crippen LogP contribution in [0.2, 0.25) is 5.02 Å². The van der Waals surface area contributed by atoms with Crippen molar-refractivity contribution in [1.82, 2.24) is 5.32 Å². The van der Waals surface area contributed by atoms with Crippen molar-refractivity contribution in [1.29, 1.82) is 0 Å². The highest BCUT2D eigenvalue weighted by molar-refractivity contribution is 6.32. The molecule has 0 heterocycles. The Morgan fingerprint density at radius 3 is 2.50 bits per heavy atom. The fraction of sp³-hybridized carbons (Fsp3) is 0.200. The summed E-state index contributed by atoms with van der Waals surface area (Å²) in [6.07, 6.45) is 0. The van der Waals surface area contributed by atoms with E-state index in [9.17, 15) is 8.78 Å². The van der Waals surface area contributed by atoms with Crippen molar-refractivity contribution in [3.63, 3.8) is 0 Å². The third-order valence-corrected chi connectivity index (χ3v) is 3.30. The zero-order chi connectivity index (χ0) is 14.7. The number of halogens is 3. The number of hydrogen-bond donors (Lipinski definition) is 1. The Morgan fingerprint density at radius 2 is 1.85 bits per heavy atom. The van der Waals surface area contributed by atoms with Crippen LogP contribution < -0.4 is 10.1 Å². The second-order valence-electron chi connectivity index (χ2n) is 4.38. The van der Waals surface area contributed by atoms with Gasteiger partial charge >= 0.3 is 0 Å². The lowest BCUT2D eigenvalue weighted by Gasteiger charge is -2.13. The minimum atomic E-state index is -0.643. The molecule has 20 heavy (non-hydrogen) atoms. The maximum atomic E-state index is 13.5. The van der Waals surface area contributed by atoms with Gasteiger partial charge in [0.2, 0.25) is 0 Å². The van der Waals surface area contributed by atoms with Crippen LogP contribution in [0.4, 0.5) is 8.78 Å². The molecule has 0 saturated heterocycles. The number of benzene rings is 2. The van der Waals surface area contributed by atoms with Crippen molar-refractivity contribution in [2.45, 2.75) is 13.0 Å². The lowest BCUT2D eigenvalue weighted by molar-refractivity contribution is 0.436. The van der Waals surface area contributed by atoms with Gasteiger partial charge in [0.15, 0.2) is 11.6 Å². The molecule has 2 nitrogen and oxygen atoms in total. The third-order valence-electron chi connectivity index (χ3n) is 3.00. The molecule has 0 aliphatic carbocycles. The maximum absolute atomic E-state index is 13.5. The summed E-state index contributed by atoms with van der Waals surface area (Å²) in [5.74, 6) is -1.13. The van der Waals surface area contributed by atoms with Gasteiger partial charge in [-0.05, 0) is 43.8 Å². The van der Waals surface area contributed by atoms with E-state index < -0.39 is 11.6 Å². The van der Waals surface area contributed by atoms with Crippen LogP contribution in [0.15, 0.2) is 36.4 Å². The fourth-order valence-corrected chi connectivity index (χ4v) is 1.94. The smallest absolute Gasteiger partial charge is 0.166 e. The Morgan fingerprint density at radius 1 is 1.10 bits per heavy atom. The van der Waals surface area contributed by atoms with Gasteiger partial charge in [0, 0.05) is 12.1 Å². The molecule has 1 unspecified atom stereocenters. The monoisotopic (exact) mass is 297 g/mol. The summed E-state index contributed by atoms with van der Waals surface area (Å²) in [6.45, 7) is 1.98. The Balaban J connectivity index is 2.28. The van der Waals surface area contributed by atoms with E-state index in [1.54, 1.807) is 12.1 Å². The Bertz CT molecular complexity index is 619. The zero-order valence-corrected chi connectivity index (χ0v) is 11.8.